The maximum absolute atomic E-state index is 13.4. The summed E-state index contributed by atoms with van der Waals surface area (Å²) in [4.78, 5) is 17.3. The van der Waals surface area contributed by atoms with Gasteiger partial charge in [0.15, 0.2) is 11.0 Å². The van der Waals surface area contributed by atoms with Crippen molar-refractivity contribution >= 4 is 64.0 Å². The summed E-state index contributed by atoms with van der Waals surface area (Å²) >= 11 is 15.1. The molecule has 1 aromatic heterocycles. The smallest absolute Gasteiger partial charge is 0.242 e. The van der Waals surface area contributed by atoms with Crippen LogP contribution in [0.1, 0.15) is 5.82 Å². The van der Waals surface area contributed by atoms with Gasteiger partial charge in [-0.15, -0.1) is 10.2 Å². The molecule has 2 heterocycles. The van der Waals surface area contributed by atoms with Crippen LogP contribution < -0.4 is 9.64 Å². The first-order chi connectivity index (χ1) is 16.5. The Morgan fingerprint density at radius 3 is 2.35 bits per heavy atom. The Morgan fingerprint density at radius 2 is 1.68 bits per heavy atom. The van der Waals surface area contributed by atoms with Crippen molar-refractivity contribution in [2.24, 2.45) is 7.05 Å². The minimum atomic E-state index is -0.0288. The molecule has 0 spiro atoms. The maximum Gasteiger partial charge on any atom is 0.242 e. The molecule has 4 aromatic rings. The van der Waals surface area contributed by atoms with E-state index in [4.69, 9.17) is 27.9 Å². The van der Waals surface area contributed by atoms with Gasteiger partial charge in [0.2, 0.25) is 5.91 Å². The number of carbonyl (C=O) groups is 1. The van der Waals surface area contributed by atoms with Gasteiger partial charge in [-0.2, -0.15) is 0 Å². The van der Waals surface area contributed by atoms with Crippen molar-refractivity contribution in [3.05, 3.63) is 82.6 Å². The van der Waals surface area contributed by atoms with Gasteiger partial charge in [0, 0.05) is 21.9 Å². The molecule has 172 valence electrons. The quantitative estimate of drug-likeness (QED) is 0.262. The van der Waals surface area contributed by atoms with Crippen LogP contribution in [0.3, 0.4) is 0 Å². The van der Waals surface area contributed by atoms with Crippen LogP contribution in [-0.2, 0) is 18.4 Å². The molecule has 0 aliphatic carbocycles. The fourth-order valence-electron chi connectivity index (χ4n) is 3.50. The second kappa shape index (κ2) is 9.92. The third kappa shape index (κ3) is 4.63. The Balaban J connectivity index is 1.29. The van der Waals surface area contributed by atoms with Crippen LogP contribution in [0.15, 0.2) is 81.7 Å². The number of anilines is 2. The van der Waals surface area contributed by atoms with Crippen molar-refractivity contribution in [1.82, 2.24) is 14.8 Å². The van der Waals surface area contributed by atoms with Gasteiger partial charge in [0.1, 0.15) is 12.4 Å². The lowest BCUT2D eigenvalue weighted by Gasteiger charge is -2.30. The molecule has 1 aliphatic rings. The van der Waals surface area contributed by atoms with Crippen LogP contribution in [0.2, 0.25) is 10.0 Å². The van der Waals surface area contributed by atoms with Crippen LogP contribution in [0.25, 0.3) is 0 Å². The SMILES string of the molecule is Cn1c(COc2ccc(Cl)cc2Cl)nnc1SCC(=O)N1c2ccccc2Sc2ccccc21. The lowest BCUT2D eigenvalue weighted by molar-refractivity contribution is -0.115. The van der Waals surface area contributed by atoms with E-state index in [0.29, 0.717) is 26.8 Å². The molecule has 0 saturated carbocycles. The highest BCUT2D eigenvalue weighted by molar-refractivity contribution is 8.00. The Bertz CT molecular complexity index is 1330. The zero-order chi connectivity index (χ0) is 23.7. The summed E-state index contributed by atoms with van der Waals surface area (Å²) in [5.41, 5.74) is 1.78. The van der Waals surface area contributed by atoms with Gasteiger partial charge in [0.25, 0.3) is 0 Å². The molecule has 34 heavy (non-hydrogen) atoms. The average molecular weight is 529 g/mol. The number of amides is 1. The molecule has 6 nitrogen and oxygen atoms in total. The number of fused-ring (bicyclic) bond motifs is 2. The van der Waals surface area contributed by atoms with Gasteiger partial charge in [-0.3, -0.25) is 9.69 Å². The first-order valence-electron chi connectivity index (χ1n) is 10.3. The Morgan fingerprint density at radius 1 is 1.00 bits per heavy atom. The van der Waals surface area contributed by atoms with Crippen LogP contribution >= 0.6 is 46.7 Å². The topological polar surface area (TPSA) is 60.2 Å². The number of ether oxygens (including phenoxy) is 1. The minimum Gasteiger partial charge on any atom is -0.484 e. The van der Waals surface area contributed by atoms with E-state index >= 15 is 0 Å². The number of aromatic nitrogens is 3. The Hall–Kier alpha value is -2.65. The highest BCUT2D eigenvalue weighted by Crippen LogP contribution is 2.48. The molecule has 0 bridgehead atoms. The molecule has 3 aromatic carbocycles. The second-order valence-electron chi connectivity index (χ2n) is 7.38. The van der Waals surface area contributed by atoms with Gasteiger partial charge in [-0.25, -0.2) is 0 Å². The molecule has 0 radical (unpaired) electrons. The first-order valence-corrected chi connectivity index (χ1v) is 12.8. The van der Waals surface area contributed by atoms with E-state index in [0.717, 1.165) is 21.2 Å². The van der Waals surface area contributed by atoms with E-state index in [1.54, 1.807) is 34.9 Å². The van der Waals surface area contributed by atoms with E-state index in [-0.39, 0.29) is 18.3 Å². The number of rotatable bonds is 6. The third-order valence-corrected chi connectivity index (χ3v) is 7.85. The molecular weight excluding hydrogens is 511 g/mol. The van der Waals surface area contributed by atoms with Crippen molar-refractivity contribution in [2.75, 3.05) is 10.7 Å². The van der Waals surface area contributed by atoms with Crippen molar-refractivity contribution in [3.63, 3.8) is 0 Å². The monoisotopic (exact) mass is 528 g/mol. The van der Waals surface area contributed by atoms with Crippen molar-refractivity contribution in [1.29, 1.82) is 0 Å². The predicted molar refractivity (Wildman–Crippen MR) is 137 cm³/mol. The molecule has 0 unspecified atom stereocenters. The van der Waals surface area contributed by atoms with Crippen molar-refractivity contribution in [2.45, 2.75) is 21.6 Å². The fraction of sp³-hybridized carbons (Fsp3) is 0.125. The number of para-hydroxylation sites is 2. The van der Waals surface area contributed by atoms with Crippen LogP contribution in [0, 0.1) is 0 Å². The number of carbonyl (C=O) groups excluding carboxylic acids is 1. The first kappa shape index (κ1) is 23.1. The lowest BCUT2D eigenvalue weighted by Crippen LogP contribution is -2.30. The van der Waals surface area contributed by atoms with Crippen molar-refractivity contribution in [3.8, 4) is 5.75 Å². The zero-order valence-electron chi connectivity index (χ0n) is 17.9. The summed E-state index contributed by atoms with van der Waals surface area (Å²) < 4.78 is 7.59. The number of thioether (sulfide) groups is 1. The summed E-state index contributed by atoms with van der Waals surface area (Å²) in [5, 5.41) is 10.0. The minimum absolute atomic E-state index is 0.0288. The fourth-order valence-corrected chi connectivity index (χ4v) is 5.80. The number of hydrogen-bond donors (Lipinski definition) is 0. The van der Waals surface area contributed by atoms with Crippen molar-refractivity contribution < 1.29 is 9.53 Å². The molecule has 1 amide bonds. The van der Waals surface area contributed by atoms with Gasteiger partial charge in [0.05, 0.1) is 22.2 Å². The summed E-state index contributed by atoms with van der Waals surface area (Å²) in [5.74, 6) is 1.31. The number of hydrogen-bond acceptors (Lipinski definition) is 6. The van der Waals surface area contributed by atoms with E-state index in [9.17, 15) is 4.79 Å². The zero-order valence-corrected chi connectivity index (χ0v) is 21.1. The second-order valence-corrected chi connectivity index (χ2v) is 10.2. The van der Waals surface area contributed by atoms with E-state index in [2.05, 4.69) is 10.2 Å². The van der Waals surface area contributed by atoms with Gasteiger partial charge >= 0.3 is 0 Å². The highest BCUT2D eigenvalue weighted by atomic mass is 35.5. The molecule has 0 atom stereocenters. The number of nitrogens with zero attached hydrogens (tertiary/aromatic N) is 4. The molecule has 5 rings (SSSR count). The van der Waals surface area contributed by atoms with Gasteiger partial charge in [-0.1, -0.05) is 71.0 Å². The largest absolute Gasteiger partial charge is 0.484 e. The number of benzene rings is 3. The van der Waals surface area contributed by atoms with Crippen LogP contribution in [0.5, 0.6) is 5.75 Å². The summed E-state index contributed by atoms with van der Waals surface area (Å²) in [7, 11) is 1.84. The Kier molecular flexibility index (Phi) is 6.74. The van der Waals surface area contributed by atoms with Gasteiger partial charge in [-0.05, 0) is 42.5 Å². The highest BCUT2D eigenvalue weighted by Gasteiger charge is 2.28. The predicted octanol–water partition coefficient (Wildman–Crippen LogP) is 6.62. The molecule has 0 N–H and O–H groups in total. The maximum atomic E-state index is 13.4. The van der Waals surface area contributed by atoms with Gasteiger partial charge < -0.3 is 9.30 Å². The summed E-state index contributed by atoms with van der Waals surface area (Å²) in [6, 6.07) is 20.9. The summed E-state index contributed by atoms with van der Waals surface area (Å²) in [6.07, 6.45) is 0. The lowest BCUT2D eigenvalue weighted by atomic mass is 10.2. The normalized spacial score (nSPS) is 12.3. The average Bonchev–Trinajstić information content (AvgIpc) is 3.19. The molecule has 0 saturated heterocycles. The van der Waals surface area contributed by atoms with Crippen LogP contribution in [0.4, 0.5) is 11.4 Å². The van der Waals surface area contributed by atoms with Crippen LogP contribution in [-0.4, -0.2) is 26.4 Å². The Labute approximate surface area is 215 Å². The number of halogens is 2. The standard InChI is InChI=1S/C24H18Cl2N4O2S2/c1-29-22(13-32-19-11-10-15(25)12-16(19)26)27-28-24(29)33-14-23(31)30-17-6-2-4-8-20(17)34-21-9-5-3-7-18(21)30/h2-12H,13-14H2,1H3. The third-order valence-electron chi connectivity index (χ3n) is 5.18. The molecular formula is C24H18Cl2N4O2S2. The van der Waals surface area contributed by atoms with E-state index < -0.39 is 0 Å². The van der Waals surface area contributed by atoms with E-state index in [1.807, 2.05) is 60.1 Å². The molecule has 0 fully saturated rings. The van der Waals surface area contributed by atoms with E-state index in [1.165, 1.54) is 11.8 Å². The molecule has 1 aliphatic heterocycles. The molecule has 10 heteroatoms. The summed E-state index contributed by atoms with van der Waals surface area (Å²) in [6.45, 7) is 0.184.